The first kappa shape index (κ1) is 21.9. The van der Waals surface area contributed by atoms with Gasteiger partial charge in [-0.1, -0.05) is 55.7 Å². The predicted octanol–water partition coefficient (Wildman–Crippen LogP) is 7.69. The second-order valence-electron chi connectivity index (χ2n) is 8.98. The normalized spacial score (nSPS) is 14.9. The quantitative estimate of drug-likeness (QED) is 0.295. The second-order valence-corrected chi connectivity index (χ2v) is 8.98. The summed E-state index contributed by atoms with van der Waals surface area (Å²) in [7, 11) is 0. The smallest absolute Gasteiger partial charge is 0.131 e. The van der Waals surface area contributed by atoms with Crippen molar-refractivity contribution in [2.75, 3.05) is 11.5 Å². The van der Waals surface area contributed by atoms with E-state index in [0.717, 1.165) is 60.1 Å². The minimum atomic E-state index is -0.201. The molecule has 4 nitrogen and oxygen atoms in total. The van der Waals surface area contributed by atoms with Crippen LogP contribution in [-0.2, 0) is 5.41 Å². The van der Waals surface area contributed by atoms with E-state index in [2.05, 4.69) is 36.4 Å². The molecule has 0 atom stereocenters. The van der Waals surface area contributed by atoms with Crippen molar-refractivity contribution in [2.24, 2.45) is 0 Å². The van der Waals surface area contributed by atoms with Crippen molar-refractivity contribution in [3.8, 4) is 23.0 Å². The van der Waals surface area contributed by atoms with E-state index >= 15 is 0 Å². The Bertz CT molecular complexity index is 1150. The molecule has 1 aliphatic carbocycles. The summed E-state index contributed by atoms with van der Waals surface area (Å²) in [5, 5.41) is 0. The van der Waals surface area contributed by atoms with Gasteiger partial charge in [-0.2, -0.15) is 0 Å². The highest BCUT2D eigenvalue weighted by molar-refractivity contribution is 5.55. The number of rotatable bonds is 6. The van der Waals surface area contributed by atoms with Crippen LogP contribution in [0.4, 0.5) is 11.4 Å². The Kier molecular flexibility index (Phi) is 6.13. The maximum absolute atomic E-state index is 6.43. The number of nitrogens with two attached hydrogens (primary N) is 2. The molecule has 172 valence electrons. The molecule has 5 rings (SSSR count). The van der Waals surface area contributed by atoms with Crippen molar-refractivity contribution >= 4 is 11.4 Å². The summed E-state index contributed by atoms with van der Waals surface area (Å²) in [6.07, 6.45) is 5.64. The topological polar surface area (TPSA) is 70.5 Å². The maximum atomic E-state index is 6.43. The highest BCUT2D eigenvalue weighted by Gasteiger charge is 2.40. The van der Waals surface area contributed by atoms with E-state index < -0.39 is 0 Å². The van der Waals surface area contributed by atoms with Crippen LogP contribution < -0.4 is 20.9 Å². The van der Waals surface area contributed by atoms with Crippen LogP contribution in [0.25, 0.3) is 0 Å². The summed E-state index contributed by atoms with van der Waals surface area (Å²) in [5.74, 6) is 3.30. The average Bonchev–Trinajstić information content (AvgIpc) is 2.88. The molecule has 0 unspecified atom stereocenters. The minimum absolute atomic E-state index is 0.201. The maximum Gasteiger partial charge on any atom is 0.131 e. The van der Waals surface area contributed by atoms with Gasteiger partial charge < -0.3 is 20.9 Å². The van der Waals surface area contributed by atoms with Crippen LogP contribution in [0.15, 0.2) is 97.1 Å². The predicted molar refractivity (Wildman–Crippen MR) is 139 cm³/mol. The third kappa shape index (κ3) is 4.44. The summed E-state index contributed by atoms with van der Waals surface area (Å²) < 4.78 is 12.9. The van der Waals surface area contributed by atoms with Gasteiger partial charge in [0.05, 0.1) is 0 Å². The van der Waals surface area contributed by atoms with Crippen LogP contribution >= 0.6 is 0 Å². The lowest BCUT2D eigenvalue weighted by molar-refractivity contribution is 0.325. The van der Waals surface area contributed by atoms with Gasteiger partial charge in [-0.3, -0.25) is 0 Å². The average molecular weight is 451 g/mol. The van der Waals surface area contributed by atoms with Gasteiger partial charge in [0.1, 0.15) is 23.0 Å². The van der Waals surface area contributed by atoms with E-state index in [1.54, 1.807) is 0 Å². The Hall–Kier alpha value is -3.92. The first-order valence-corrected chi connectivity index (χ1v) is 11.9. The van der Waals surface area contributed by atoms with Gasteiger partial charge in [0.25, 0.3) is 0 Å². The molecule has 4 aromatic carbocycles. The molecule has 1 fully saturated rings. The number of hydrogen-bond acceptors (Lipinski definition) is 4. The Labute approximate surface area is 201 Å². The zero-order valence-electron chi connectivity index (χ0n) is 19.2. The van der Waals surface area contributed by atoms with Gasteiger partial charge in [0.2, 0.25) is 0 Å². The van der Waals surface area contributed by atoms with Crippen molar-refractivity contribution in [3.05, 3.63) is 108 Å². The molecule has 1 saturated carbocycles. The Morgan fingerprint density at radius 1 is 0.500 bits per heavy atom. The van der Waals surface area contributed by atoms with Crippen LogP contribution in [-0.4, -0.2) is 0 Å². The number of nitrogen functional groups attached to an aromatic ring is 2. The number of anilines is 2. The molecule has 0 radical (unpaired) electrons. The fraction of sp³-hybridized carbons (Fsp3) is 0.200. The minimum Gasteiger partial charge on any atom is -0.457 e. The van der Waals surface area contributed by atoms with Crippen molar-refractivity contribution in [3.63, 3.8) is 0 Å². The van der Waals surface area contributed by atoms with Gasteiger partial charge in [0.15, 0.2) is 0 Å². The van der Waals surface area contributed by atoms with Gasteiger partial charge in [-0.15, -0.1) is 0 Å². The van der Waals surface area contributed by atoms with E-state index in [0.29, 0.717) is 0 Å². The Balaban J connectivity index is 1.59. The molecule has 0 heterocycles. The molecule has 4 N–H and O–H groups in total. The molecule has 34 heavy (non-hydrogen) atoms. The third-order valence-corrected chi connectivity index (χ3v) is 6.73. The largest absolute Gasteiger partial charge is 0.457 e. The fourth-order valence-corrected chi connectivity index (χ4v) is 5.07. The molecule has 0 aromatic heterocycles. The molecule has 4 aromatic rings. The lowest BCUT2D eigenvalue weighted by Gasteiger charge is -2.40. The fourth-order valence-electron chi connectivity index (χ4n) is 5.07. The zero-order valence-corrected chi connectivity index (χ0v) is 19.2. The van der Waals surface area contributed by atoms with Crippen molar-refractivity contribution < 1.29 is 9.47 Å². The zero-order chi connectivity index (χ0) is 23.4. The number of ether oxygens (including phenoxy) is 2. The molecule has 1 aliphatic rings. The second kappa shape index (κ2) is 9.52. The number of benzene rings is 4. The van der Waals surface area contributed by atoms with Crippen molar-refractivity contribution in [1.82, 2.24) is 0 Å². The van der Waals surface area contributed by atoms with Gasteiger partial charge in [-0.05, 0) is 73.5 Å². The first-order valence-electron chi connectivity index (χ1n) is 11.9. The lowest BCUT2D eigenvalue weighted by atomic mass is 9.64. The third-order valence-electron chi connectivity index (χ3n) is 6.73. The molecule has 4 heteroatoms. The first-order chi connectivity index (χ1) is 16.6. The summed E-state index contributed by atoms with van der Waals surface area (Å²) >= 11 is 0. The van der Waals surface area contributed by atoms with E-state index in [4.69, 9.17) is 20.9 Å². The highest BCUT2D eigenvalue weighted by Crippen LogP contribution is 2.51. The lowest BCUT2D eigenvalue weighted by Crippen LogP contribution is -2.31. The summed E-state index contributed by atoms with van der Waals surface area (Å²) in [4.78, 5) is 0. The SMILES string of the molecule is Nc1ccc(Oc2ccccc2C2(c3ccccc3Oc3ccc(N)cc3)CCCCC2)cc1. The van der Waals surface area contributed by atoms with E-state index in [1.165, 1.54) is 17.5 Å². The van der Waals surface area contributed by atoms with Gasteiger partial charge in [0, 0.05) is 27.9 Å². The standard InChI is InChI=1S/C30H30N2O2/c31-22-12-16-24(17-13-22)33-28-10-4-2-8-26(28)30(20-6-1-7-21-30)27-9-3-5-11-29(27)34-25-18-14-23(32)15-19-25/h2-5,8-19H,1,6-7,20-21,31-32H2. The highest BCUT2D eigenvalue weighted by atomic mass is 16.5. The summed E-state index contributed by atoms with van der Waals surface area (Å²) in [6, 6.07) is 31.9. The van der Waals surface area contributed by atoms with E-state index in [9.17, 15) is 0 Å². The monoisotopic (exact) mass is 450 g/mol. The van der Waals surface area contributed by atoms with E-state index in [1.807, 2.05) is 60.7 Å². The molecule has 0 amide bonds. The molecular weight excluding hydrogens is 420 g/mol. The van der Waals surface area contributed by atoms with Crippen LogP contribution in [0, 0.1) is 0 Å². The molecule has 0 bridgehead atoms. The van der Waals surface area contributed by atoms with Gasteiger partial charge >= 0.3 is 0 Å². The summed E-state index contributed by atoms with van der Waals surface area (Å²) in [6.45, 7) is 0. The van der Waals surface area contributed by atoms with Crippen LogP contribution in [0.3, 0.4) is 0 Å². The van der Waals surface area contributed by atoms with Crippen LogP contribution in [0.5, 0.6) is 23.0 Å². The van der Waals surface area contributed by atoms with Crippen LogP contribution in [0.2, 0.25) is 0 Å². The number of para-hydroxylation sites is 2. The summed E-state index contributed by atoms with van der Waals surface area (Å²) in [5.41, 5.74) is 15.4. The van der Waals surface area contributed by atoms with Crippen molar-refractivity contribution in [2.45, 2.75) is 37.5 Å². The molecular formula is C30H30N2O2. The van der Waals surface area contributed by atoms with Crippen LogP contribution in [0.1, 0.15) is 43.2 Å². The Morgan fingerprint density at radius 3 is 1.35 bits per heavy atom. The number of hydrogen-bond donors (Lipinski definition) is 2. The van der Waals surface area contributed by atoms with Gasteiger partial charge in [-0.25, -0.2) is 0 Å². The molecule has 0 spiro atoms. The van der Waals surface area contributed by atoms with Crippen molar-refractivity contribution in [1.29, 1.82) is 0 Å². The molecule has 0 aliphatic heterocycles. The molecule has 0 saturated heterocycles. The van der Waals surface area contributed by atoms with E-state index in [-0.39, 0.29) is 5.41 Å². The Morgan fingerprint density at radius 2 is 0.912 bits per heavy atom.